The molecule has 6 heteroatoms. The first-order valence-corrected chi connectivity index (χ1v) is 5.63. The number of aliphatic imine (C=N–C) groups is 1. The van der Waals surface area contributed by atoms with Crippen LogP contribution in [0.4, 0.5) is 5.69 Å². The molecule has 1 aromatic carbocycles. The highest BCUT2D eigenvalue weighted by Gasteiger charge is 2.17. The maximum atomic E-state index is 11.7. The van der Waals surface area contributed by atoms with Crippen LogP contribution in [0.15, 0.2) is 34.4 Å². The Kier molecular flexibility index (Phi) is 5.05. The van der Waals surface area contributed by atoms with E-state index in [0.29, 0.717) is 11.4 Å². The molecule has 0 aliphatic heterocycles. The molecule has 0 heterocycles. The van der Waals surface area contributed by atoms with Crippen LogP contribution < -0.4 is 4.74 Å². The van der Waals surface area contributed by atoms with E-state index in [0.717, 1.165) is 5.75 Å². The summed E-state index contributed by atoms with van der Waals surface area (Å²) in [6, 6.07) is 7.01. The van der Waals surface area contributed by atoms with Crippen LogP contribution in [0.5, 0.6) is 5.75 Å². The van der Waals surface area contributed by atoms with Gasteiger partial charge in [0.15, 0.2) is 5.71 Å². The molecule has 0 spiro atoms. The number of methoxy groups -OCH3 is 1. The number of hydrogen-bond donors (Lipinski definition) is 1. The van der Waals surface area contributed by atoms with Gasteiger partial charge in [0, 0.05) is 14.1 Å². The van der Waals surface area contributed by atoms with Crippen LogP contribution in [0, 0.1) is 0 Å². The molecule has 1 amide bonds. The molecule has 0 atom stereocenters. The highest BCUT2D eigenvalue weighted by atomic mass is 16.5. The summed E-state index contributed by atoms with van der Waals surface area (Å²) in [4.78, 5) is 17.3. The van der Waals surface area contributed by atoms with Crippen LogP contribution in [0.2, 0.25) is 0 Å². The van der Waals surface area contributed by atoms with Crippen molar-refractivity contribution in [2.75, 3.05) is 21.2 Å². The number of carbonyl (C=O) groups excluding carboxylic acids is 1. The Hall–Kier alpha value is -2.37. The molecule has 1 aromatic rings. The lowest BCUT2D eigenvalue weighted by Gasteiger charge is -2.10. The zero-order valence-electron chi connectivity index (χ0n) is 11.4. The fraction of sp³-hybridized carbons (Fsp3) is 0.308. The zero-order chi connectivity index (χ0) is 14.4. The van der Waals surface area contributed by atoms with Gasteiger partial charge in [0.2, 0.25) is 0 Å². The monoisotopic (exact) mass is 263 g/mol. The van der Waals surface area contributed by atoms with Crippen LogP contribution in [-0.2, 0) is 4.79 Å². The van der Waals surface area contributed by atoms with Crippen molar-refractivity contribution in [1.82, 2.24) is 4.90 Å². The molecular weight excluding hydrogens is 246 g/mol. The maximum absolute atomic E-state index is 11.7. The van der Waals surface area contributed by atoms with Gasteiger partial charge in [-0.3, -0.25) is 9.79 Å². The number of carbonyl (C=O) groups is 1. The molecule has 1 rings (SSSR count). The van der Waals surface area contributed by atoms with Gasteiger partial charge in [-0.15, -0.1) is 0 Å². The topological polar surface area (TPSA) is 74.5 Å². The third kappa shape index (κ3) is 3.80. The largest absolute Gasteiger partial charge is 0.497 e. The van der Waals surface area contributed by atoms with Crippen LogP contribution >= 0.6 is 0 Å². The van der Waals surface area contributed by atoms with Gasteiger partial charge in [-0.1, -0.05) is 5.16 Å². The minimum atomic E-state index is -0.405. The number of nitrogens with zero attached hydrogens (tertiary/aromatic N) is 3. The lowest BCUT2D eigenvalue weighted by molar-refractivity contribution is -0.121. The molecule has 0 aliphatic rings. The average molecular weight is 263 g/mol. The van der Waals surface area contributed by atoms with Crippen molar-refractivity contribution in [2.24, 2.45) is 10.1 Å². The van der Waals surface area contributed by atoms with Crippen LogP contribution in [0.3, 0.4) is 0 Å². The quantitative estimate of drug-likeness (QED) is 0.510. The fourth-order valence-electron chi connectivity index (χ4n) is 1.39. The first-order chi connectivity index (χ1) is 8.99. The molecule has 0 saturated carbocycles. The van der Waals surface area contributed by atoms with Crippen molar-refractivity contribution in [1.29, 1.82) is 0 Å². The predicted octanol–water partition coefficient (Wildman–Crippen LogP) is 1.71. The Morgan fingerprint density at radius 3 is 2.26 bits per heavy atom. The minimum absolute atomic E-state index is 0.0826. The van der Waals surface area contributed by atoms with Crippen molar-refractivity contribution in [2.45, 2.75) is 6.92 Å². The number of rotatable bonds is 4. The third-order valence-corrected chi connectivity index (χ3v) is 2.42. The molecule has 0 fully saturated rings. The molecule has 1 N–H and O–H groups in total. The van der Waals surface area contributed by atoms with Gasteiger partial charge in [0.1, 0.15) is 5.75 Å². The van der Waals surface area contributed by atoms with E-state index < -0.39 is 5.91 Å². The maximum Gasteiger partial charge on any atom is 0.277 e. The van der Waals surface area contributed by atoms with Gasteiger partial charge in [0.05, 0.1) is 18.5 Å². The van der Waals surface area contributed by atoms with E-state index in [-0.39, 0.29) is 5.71 Å². The molecule has 19 heavy (non-hydrogen) atoms. The number of ether oxygens (including phenoxy) is 1. The molecule has 0 aliphatic carbocycles. The van der Waals surface area contributed by atoms with Crippen molar-refractivity contribution >= 4 is 23.0 Å². The van der Waals surface area contributed by atoms with E-state index in [1.807, 2.05) is 0 Å². The highest BCUT2D eigenvalue weighted by molar-refractivity contribution is 6.66. The molecule has 6 nitrogen and oxygen atoms in total. The lowest BCUT2D eigenvalue weighted by Crippen LogP contribution is -2.34. The molecule has 0 radical (unpaired) electrons. The SMILES string of the molecule is COc1ccc(N=C(C)C(=NO)C(=O)N(C)C)cc1. The Bertz CT molecular complexity index is 504. The van der Waals surface area contributed by atoms with Crippen molar-refractivity contribution in [3.8, 4) is 5.75 Å². The second kappa shape index (κ2) is 6.53. The summed E-state index contributed by atoms with van der Waals surface area (Å²) in [5.41, 5.74) is 0.901. The summed E-state index contributed by atoms with van der Waals surface area (Å²) in [7, 11) is 4.73. The second-order valence-corrected chi connectivity index (χ2v) is 4.04. The minimum Gasteiger partial charge on any atom is -0.497 e. The number of oxime groups is 1. The van der Waals surface area contributed by atoms with Gasteiger partial charge in [0.25, 0.3) is 5.91 Å². The van der Waals surface area contributed by atoms with Crippen LogP contribution in [0.1, 0.15) is 6.92 Å². The van der Waals surface area contributed by atoms with Crippen molar-refractivity contribution < 1.29 is 14.7 Å². The summed E-state index contributed by atoms with van der Waals surface area (Å²) in [6.45, 7) is 1.61. The number of amides is 1. The molecule has 0 saturated heterocycles. The Labute approximate surface area is 112 Å². The Balaban J connectivity index is 2.99. The van der Waals surface area contributed by atoms with Gasteiger partial charge < -0.3 is 14.8 Å². The van der Waals surface area contributed by atoms with E-state index in [2.05, 4.69) is 10.1 Å². The van der Waals surface area contributed by atoms with E-state index in [1.165, 1.54) is 4.90 Å². The summed E-state index contributed by atoms with van der Waals surface area (Å²) >= 11 is 0. The van der Waals surface area contributed by atoms with Gasteiger partial charge in [-0.2, -0.15) is 0 Å². The number of hydrogen-bond acceptors (Lipinski definition) is 5. The van der Waals surface area contributed by atoms with Crippen LogP contribution in [0.25, 0.3) is 0 Å². The van der Waals surface area contributed by atoms with E-state index >= 15 is 0 Å². The van der Waals surface area contributed by atoms with Crippen molar-refractivity contribution in [3.05, 3.63) is 24.3 Å². The van der Waals surface area contributed by atoms with Gasteiger partial charge in [-0.25, -0.2) is 0 Å². The number of benzene rings is 1. The van der Waals surface area contributed by atoms with Gasteiger partial charge in [-0.05, 0) is 31.2 Å². The van der Waals surface area contributed by atoms with E-state index in [1.54, 1.807) is 52.4 Å². The van der Waals surface area contributed by atoms with E-state index in [9.17, 15) is 4.79 Å². The van der Waals surface area contributed by atoms with Crippen LogP contribution in [-0.4, -0.2) is 48.6 Å². The van der Waals surface area contributed by atoms with Crippen molar-refractivity contribution in [3.63, 3.8) is 0 Å². The highest BCUT2D eigenvalue weighted by Crippen LogP contribution is 2.18. The second-order valence-electron chi connectivity index (χ2n) is 4.04. The molecule has 0 bridgehead atoms. The first-order valence-electron chi connectivity index (χ1n) is 5.63. The fourth-order valence-corrected chi connectivity index (χ4v) is 1.39. The zero-order valence-corrected chi connectivity index (χ0v) is 11.4. The molecular formula is C13H17N3O3. The molecule has 0 unspecified atom stereocenters. The Morgan fingerprint density at radius 1 is 1.26 bits per heavy atom. The molecule has 0 aromatic heterocycles. The standard InChI is InChI=1S/C13H17N3O3/c1-9(12(15-18)13(17)16(2)3)14-10-5-7-11(19-4)8-6-10/h5-8,18H,1-4H3. The Morgan fingerprint density at radius 2 is 1.84 bits per heavy atom. The predicted molar refractivity (Wildman–Crippen MR) is 73.7 cm³/mol. The van der Waals surface area contributed by atoms with E-state index in [4.69, 9.17) is 9.94 Å². The molecule has 102 valence electrons. The smallest absolute Gasteiger partial charge is 0.277 e. The first kappa shape index (κ1) is 14.7. The normalized spacial score (nSPS) is 12.2. The van der Waals surface area contributed by atoms with Gasteiger partial charge >= 0.3 is 0 Å². The third-order valence-electron chi connectivity index (χ3n) is 2.42. The summed E-state index contributed by atoms with van der Waals surface area (Å²) in [5, 5.41) is 11.9. The summed E-state index contributed by atoms with van der Waals surface area (Å²) in [5.74, 6) is 0.314. The summed E-state index contributed by atoms with van der Waals surface area (Å²) < 4.78 is 5.04. The lowest BCUT2D eigenvalue weighted by atomic mass is 10.2. The average Bonchev–Trinajstić information content (AvgIpc) is 2.40. The summed E-state index contributed by atoms with van der Waals surface area (Å²) in [6.07, 6.45) is 0.